The van der Waals surface area contributed by atoms with Crippen molar-refractivity contribution >= 4 is 0 Å². The third-order valence-corrected chi connectivity index (χ3v) is 1.79. The van der Waals surface area contributed by atoms with Crippen LogP contribution < -0.4 is 0 Å². The molecule has 70 valence electrons. The number of nitrogens with zero attached hydrogens (tertiary/aromatic N) is 2. The Hall–Kier alpha value is -1.84. The van der Waals surface area contributed by atoms with E-state index in [1.165, 1.54) is 24.7 Å². The molecule has 4 heteroatoms. The first-order valence-corrected chi connectivity index (χ1v) is 3.99. The Morgan fingerprint density at radius 2 is 1.93 bits per heavy atom. The van der Waals surface area contributed by atoms with E-state index in [1.54, 1.807) is 6.07 Å². The summed E-state index contributed by atoms with van der Waals surface area (Å²) >= 11 is 0. The van der Waals surface area contributed by atoms with E-state index in [0.29, 0.717) is 5.69 Å². The van der Waals surface area contributed by atoms with Crippen LogP contribution >= 0.6 is 0 Å². The van der Waals surface area contributed by atoms with E-state index in [9.17, 15) is 8.78 Å². The average Bonchev–Trinajstić information content (AvgIpc) is 2.19. The van der Waals surface area contributed by atoms with Gasteiger partial charge in [0.05, 0.1) is 5.69 Å². The van der Waals surface area contributed by atoms with Crippen LogP contribution in [0.2, 0.25) is 0 Å². The van der Waals surface area contributed by atoms with Gasteiger partial charge in [-0.2, -0.15) is 0 Å². The maximum absolute atomic E-state index is 13.2. The van der Waals surface area contributed by atoms with Gasteiger partial charge in [0, 0.05) is 17.8 Å². The Morgan fingerprint density at radius 1 is 1.07 bits per heavy atom. The van der Waals surface area contributed by atoms with E-state index >= 15 is 0 Å². The molecule has 0 atom stereocenters. The zero-order chi connectivity index (χ0) is 9.97. The first-order chi connectivity index (χ1) is 6.77. The molecule has 0 spiro atoms. The second-order valence-corrected chi connectivity index (χ2v) is 2.72. The minimum absolute atomic E-state index is 0.272. The lowest BCUT2D eigenvalue weighted by Gasteiger charge is -2.00. The molecule has 0 unspecified atom stereocenters. The highest BCUT2D eigenvalue weighted by Gasteiger charge is 2.06. The van der Waals surface area contributed by atoms with Crippen LogP contribution in [0.1, 0.15) is 0 Å². The highest BCUT2D eigenvalue weighted by Crippen LogP contribution is 2.20. The maximum Gasteiger partial charge on any atom is 0.135 e. The van der Waals surface area contributed by atoms with Crippen molar-refractivity contribution in [3.8, 4) is 11.3 Å². The summed E-state index contributed by atoms with van der Waals surface area (Å²) in [6, 6.07) is 4.95. The molecule has 2 nitrogen and oxygen atoms in total. The molecule has 0 N–H and O–H groups in total. The molecule has 0 saturated carbocycles. The Kier molecular flexibility index (Phi) is 2.18. The van der Waals surface area contributed by atoms with E-state index in [0.717, 1.165) is 6.07 Å². The fourth-order valence-corrected chi connectivity index (χ4v) is 1.15. The molecule has 0 aliphatic rings. The second kappa shape index (κ2) is 3.49. The van der Waals surface area contributed by atoms with Crippen molar-refractivity contribution in [3.63, 3.8) is 0 Å². The number of rotatable bonds is 1. The molecule has 0 fully saturated rings. The van der Waals surface area contributed by atoms with Gasteiger partial charge in [0.2, 0.25) is 0 Å². The van der Waals surface area contributed by atoms with Crippen molar-refractivity contribution in [1.29, 1.82) is 0 Å². The minimum atomic E-state index is -0.622. The Bertz CT molecular complexity index is 443. The third kappa shape index (κ3) is 1.59. The molecular weight excluding hydrogens is 186 g/mol. The van der Waals surface area contributed by atoms with Gasteiger partial charge < -0.3 is 0 Å². The number of benzene rings is 1. The smallest absolute Gasteiger partial charge is 0.135 e. The molecule has 1 aromatic heterocycles. The van der Waals surface area contributed by atoms with Gasteiger partial charge >= 0.3 is 0 Å². The quantitative estimate of drug-likeness (QED) is 0.693. The number of hydrogen-bond acceptors (Lipinski definition) is 2. The van der Waals surface area contributed by atoms with Crippen molar-refractivity contribution in [2.24, 2.45) is 0 Å². The van der Waals surface area contributed by atoms with Crippen molar-refractivity contribution in [1.82, 2.24) is 9.97 Å². The molecule has 0 bridgehead atoms. The molecule has 2 aromatic rings. The molecular formula is C10H6F2N2. The van der Waals surface area contributed by atoms with Crippen LogP contribution in [-0.4, -0.2) is 9.97 Å². The predicted octanol–water partition coefficient (Wildman–Crippen LogP) is 2.42. The Morgan fingerprint density at radius 3 is 2.57 bits per heavy atom. The number of aromatic nitrogens is 2. The lowest BCUT2D eigenvalue weighted by molar-refractivity contribution is 0.585. The topological polar surface area (TPSA) is 25.8 Å². The Labute approximate surface area is 79.3 Å². The van der Waals surface area contributed by atoms with E-state index in [1.807, 2.05) is 0 Å². The van der Waals surface area contributed by atoms with Crippen LogP contribution in [0.15, 0.2) is 36.8 Å². The molecule has 0 saturated heterocycles. The van der Waals surface area contributed by atoms with Crippen LogP contribution in [0, 0.1) is 11.6 Å². The van der Waals surface area contributed by atoms with Crippen LogP contribution in [0.4, 0.5) is 8.78 Å². The molecule has 2 rings (SSSR count). The molecule has 0 aliphatic heterocycles. The number of hydrogen-bond donors (Lipinski definition) is 0. The lowest BCUT2D eigenvalue weighted by atomic mass is 10.1. The zero-order valence-electron chi connectivity index (χ0n) is 7.11. The highest BCUT2D eigenvalue weighted by molar-refractivity contribution is 5.58. The SMILES string of the molecule is Fc1ccc(-c2ccncn2)c(F)c1. The first-order valence-electron chi connectivity index (χ1n) is 3.99. The predicted molar refractivity (Wildman–Crippen MR) is 47.4 cm³/mol. The minimum Gasteiger partial charge on any atom is -0.245 e. The van der Waals surface area contributed by atoms with Gasteiger partial charge in [0.1, 0.15) is 18.0 Å². The molecule has 0 radical (unpaired) electrons. The van der Waals surface area contributed by atoms with Gasteiger partial charge in [-0.1, -0.05) is 0 Å². The van der Waals surface area contributed by atoms with E-state index < -0.39 is 11.6 Å². The zero-order valence-corrected chi connectivity index (χ0v) is 7.11. The summed E-state index contributed by atoms with van der Waals surface area (Å²) in [6.07, 6.45) is 2.82. The molecule has 0 aliphatic carbocycles. The van der Waals surface area contributed by atoms with Crippen molar-refractivity contribution < 1.29 is 8.78 Å². The van der Waals surface area contributed by atoms with Crippen LogP contribution in [0.3, 0.4) is 0 Å². The monoisotopic (exact) mass is 192 g/mol. The fraction of sp³-hybridized carbons (Fsp3) is 0. The standard InChI is InChI=1S/C10H6F2N2/c11-7-1-2-8(9(12)5-7)10-3-4-13-6-14-10/h1-6H. The van der Waals surface area contributed by atoms with Gasteiger partial charge in [-0.25, -0.2) is 18.7 Å². The summed E-state index contributed by atoms with van der Waals surface area (Å²) in [5.74, 6) is -1.22. The van der Waals surface area contributed by atoms with Crippen molar-refractivity contribution in [2.45, 2.75) is 0 Å². The van der Waals surface area contributed by atoms with Gasteiger partial charge in [-0.05, 0) is 18.2 Å². The van der Waals surface area contributed by atoms with Gasteiger partial charge in [-0.3, -0.25) is 0 Å². The maximum atomic E-state index is 13.2. The normalized spacial score (nSPS) is 10.1. The summed E-state index contributed by atoms with van der Waals surface area (Å²) in [4.78, 5) is 7.58. The summed E-state index contributed by atoms with van der Waals surface area (Å²) in [7, 11) is 0. The van der Waals surface area contributed by atoms with Gasteiger partial charge in [-0.15, -0.1) is 0 Å². The molecule has 1 aromatic carbocycles. The average molecular weight is 192 g/mol. The molecule has 1 heterocycles. The molecule has 0 amide bonds. The van der Waals surface area contributed by atoms with Crippen LogP contribution in [-0.2, 0) is 0 Å². The summed E-state index contributed by atoms with van der Waals surface area (Å²) in [5, 5.41) is 0. The summed E-state index contributed by atoms with van der Waals surface area (Å²) < 4.78 is 25.8. The fourth-order valence-electron chi connectivity index (χ4n) is 1.15. The van der Waals surface area contributed by atoms with Crippen LogP contribution in [0.5, 0.6) is 0 Å². The van der Waals surface area contributed by atoms with Gasteiger partial charge in [0.25, 0.3) is 0 Å². The van der Waals surface area contributed by atoms with Crippen molar-refractivity contribution in [2.75, 3.05) is 0 Å². The van der Waals surface area contributed by atoms with Crippen LogP contribution in [0.25, 0.3) is 11.3 Å². The number of halogens is 2. The lowest BCUT2D eigenvalue weighted by Crippen LogP contribution is -1.89. The Balaban J connectivity index is 2.53. The van der Waals surface area contributed by atoms with Crippen molar-refractivity contribution in [3.05, 3.63) is 48.4 Å². The summed E-state index contributed by atoms with van der Waals surface area (Å²) in [6.45, 7) is 0. The third-order valence-electron chi connectivity index (χ3n) is 1.79. The van der Waals surface area contributed by atoms with E-state index in [4.69, 9.17) is 0 Å². The van der Waals surface area contributed by atoms with E-state index in [2.05, 4.69) is 9.97 Å². The first kappa shape index (κ1) is 8.74. The summed E-state index contributed by atoms with van der Waals surface area (Å²) in [5.41, 5.74) is 0.714. The largest absolute Gasteiger partial charge is 0.245 e. The highest BCUT2D eigenvalue weighted by atomic mass is 19.1. The van der Waals surface area contributed by atoms with Gasteiger partial charge in [0.15, 0.2) is 0 Å². The molecule has 14 heavy (non-hydrogen) atoms. The second-order valence-electron chi connectivity index (χ2n) is 2.72. The van der Waals surface area contributed by atoms with E-state index in [-0.39, 0.29) is 5.56 Å².